The highest BCUT2D eigenvalue weighted by Gasteiger charge is 1.96. The summed E-state index contributed by atoms with van der Waals surface area (Å²) < 4.78 is 1.15. The van der Waals surface area contributed by atoms with Crippen LogP contribution >= 0.6 is 23.1 Å². The highest BCUT2D eigenvalue weighted by Crippen LogP contribution is 2.22. The molecule has 0 aliphatic carbocycles. The smallest absolute Gasteiger partial charge is 0.150 e. The maximum Gasteiger partial charge on any atom is 0.150 e. The van der Waals surface area contributed by atoms with E-state index in [2.05, 4.69) is 46.8 Å². The van der Waals surface area contributed by atoms with E-state index in [9.17, 15) is 0 Å². The Morgan fingerprint density at radius 2 is 2.12 bits per heavy atom. The average Bonchev–Trinajstić information content (AvgIpc) is 2.72. The Balaban J connectivity index is 1.82. The van der Waals surface area contributed by atoms with Gasteiger partial charge in [-0.2, -0.15) is 0 Å². The molecule has 1 aromatic heterocycles. The topological polar surface area (TPSA) is 12.9 Å². The van der Waals surface area contributed by atoms with E-state index >= 15 is 0 Å². The summed E-state index contributed by atoms with van der Waals surface area (Å²) in [4.78, 5) is 4.40. The van der Waals surface area contributed by atoms with Crippen molar-refractivity contribution in [3.63, 3.8) is 0 Å². The molecule has 0 aliphatic rings. The molecule has 0 atom stereocenters. The summed E-state index contributed by atoms with van der Waals surface area (Å²) >= 11 is 3.49. The van der Waals surface area contributed by atoms with Crippen LogP contribution in [-0.4, -0.2) is 10.7 Å². The highest BCUT2D eigenvalue weighted by molar-refractivity contribution is 8.01. The molecule has 0 bridgehead atoms. The Morgan fingerprint density at radius 3 is 2.81 bits per heavy atom. The van der Waals surface area contributed by atoms with Crippen LogP contribution in [0.2, 0.25) is 0 Å². The lowest BCUT2D eigenvalue weighted by molar-refractivity contribution is 1.16. The van der Waals surface area contributed by atoms with Gasteiger partial charge in [-0.05, 0) is 12.5 Å². The molecule has 0 N–H and O–H groups in total. The first-order valence-corrected chi connectivity index (χ1v) is 6.97. The maximum absolute atomic E-state index is 4.40. The van der Waals surface area contributed by atoms with Crippen molar-refractivity contribution in [3.8, 4) is 0 Å². The normalized spacial score (nSPS) is 11.1. The van der Waals surface area contributed by atoms with E-state index in [-0.39, 0.29) is 0 Å². The van der Waals surface area contributed by atoms with Crippen molar-refractivity contribution in [2.75, 3.05) is 5.75 Å². The molecule has 1 aromatic carbocycles. The molecule has 0 amide bonds. The summed E-state index contributed by atoms with van der Waals surface area (Å²) in [6, 6.07) is 10.3. The summed E-state index contributed by atoms with van der Waals surface area (Å²) in [5.74, 6) is 0.974. The van der Waals surface area contributed by atoms with Crippen LogP contribution < -0.4 is 0 Å². The molecule has 1 heterocycles. The summed E-state index contributed by atoms with van der Waals surface area (Å²) in [7, 11) is 0. The van der Waals surface area contributed by atoms with Crippen molar-refractivity contribution < 1.29 is 0 Å². The van der Waals surface area contributed by atoms with Crippen LogP contribution in [0.5, 0.6) is 0 Å². The zero-order chi connectivity index (χ0) is 11.2. The SMILES string of the molecule is Cc1csc(SCC=Cc2ccccc2)n1. The summed E-state index contributed by atoms with van der Waals surface area (Å²) in [6.07, 6.45) is 4.32. The van der Waals surface area contributed by atoms with Crippen molar-refractivity contribution in [2.45, 2.75) is 11.3 Å². The van der Waals surface area contributed by atoms with E-state index in [1.165, 1.54) is 5.56 Å². The summed E-state index contributed by atoms with van der Waals surface area (Å²) in [5.41, 5.74) is 2.36. The van der Waals surface area contributed by atoms with Crippen LogP contribution in [0.25, 0.3) is 6.08 Å². The van der Waals surface area contributed by atoms with E-state index < -0.39 is 0 Å². The van der Waals surface area contributed by atoms with Gasteiger partial charge in [0.05, 0.1) is 0 Å². The van der Waals surface area contributed by atoms with E-state index in [0.717, 1.165) is 15.8 Å². The highest BCUT2D eigenvalue weighted by atomic mass is 32.2. The molecule has 0 radical (unpaired) electrons. The van der Waals surface area contributed by atoms with Gasteiger partial charge in [-0.1, -0.05) is 54.2 Å². The molecular weight excluding hydrogens is 234 g/mol. The molecule has 1 nitrogen and oxygen atoms in total. The minimum Gasteiger partial charge on any atom is -0.235 e. The van der Waals surface area contributed by atoms with Gasteiger partial charge in [0.25, 0.3) is 0 Å². The van der Waals surface area contributed by atoms with Gasteiger partial charge < -0.3 is 0 Å². The largest absolute Gasteiger partial charge is 0.235 e. The Hall–Kier alpha value is -1.06. The fourth-order valence-electron chi connectivity index (χ4n) is 1.27. The van der Waals surface area contributed by atoms with E-state index in [0.29, 0.717) is 0 Å². The fourth-order valence-corrected chi connectivity index (χ4v) is 2.95. The Labute approximate surface area is 104 Å². The average molecular weight is 247 g/mol. The predicted molar refractivity (Wildman–Crippen MR) is 73.1 cm³/mol. The molecule has 0 fully saturated rings. The molecule has 3 heteroatoms. The zero-order valence-electron chi connectivity index (χ0n) is 9.09. The van der Waals surface area contributed by atoms with Crippen molar-refractivity contribution in [2.24, 2.45) is 0 Å². The number of aryl methyl sites for hydroxylation is 1. The van der Waals surface area contributed by atoms with Crippen molar-refractivity contribution in [3.05, 3.63) is 53.0 Å². The van der Waals surface area contributed by atoms with Gasteiger partial charge in [0.1, 0.15) is 4.34 Å². The Morgan fingerprint density at radius 1 is 1.31 bits per heavy atom. The molecule has 2 aromatic rings. The Kier molecular flexibility index (Phi) is 4.19. The molecule has 0 unspecified atom stereocenters. The number of aromatic nitrogens is 1. The van der Waals surface area contributed by atoms with Crippen LogP contribution in [0.4, 0.5) is 0 Å². The number of rotatable bonds is 4. The predicted octanol–water partition coefficient (Wildman–Crippen LogP) is 4.26. The van der Waals surface area contributed by atoms with Gasteiger partial charge in [-0.15, -0.1) is 11.3 Å². The second-order valence-electron chi connectivity index (χ2n) is 3.38. The van der Waals surface area contributed by atoms with Gasteiger partial charge in [0, 0.05) is 16.8 Å². The molecule has 82 valence electrons. The lowest BCUT2D eigenvalue weighted by atomic mass is 10.2. The van der Waals surface area contributed by atoms with Gasteiger partial charge in [-0.25, -0.2) is 4.98 Å². The molecule has 2 rings (SSSR count). The van der Waals surface area contributed by atoms with Gasteiger partial charge in [0.2, 0.25) is 0 Å². The fraction of sp³-hybridized carbons (Fsp3) is 0.154. The van der Waals surface area contributed by atoms with Gasteiger partial charge >= 0.3 is 0 Å². The standard InChI is InChI=1S/C13H13NS2/c1-11-10-16-13(14-11)15-9-5-8-12-6-3-2-4-7-12/h2-8,10H,9H2,1H3. The first kappa shape index (κ1) is 11.4. The molecule has 16 heavy (non-hydrogen) atoms. The van der Waals surface area contributed by atoms with Crippen molar-refractivity contribution in [1.82, 2.24) is 4.98 Å². The van der Waals surface area contributed by atoms with Crippen LogP contribution in [-0.2, 0) is 0 Å². The number of hydrogen-bond donors (Lipinski definition) is 0. The molecule has 0 aliphatic heterocycles. The van der Waals surface area contributed by atoms with Crippen LogP contribution in [0, 0.1) is 6.92 Å². The molecule has 0 saturated carbocycles. The Bertz CT molecular complexity index is 460. The van der Waals surface area contributed by atoms with Crippen molar-refractivity contribution in [1.29, 1.82) is 0 Å². The maximum atomic E-state index is 4.40. The van der Waals surface area contributed by atoms with Gasteiger partial charge in [0.15, 0.2) is 0 Å². The van der Waals surface area contributed by atoms with Crippen LogP contribution in [0.15, 0.2) is 46.1 Å². The number of thioether (sulfide) groups is 1. The monoisotopic (exact) mass is 247 g/mol. The number of thiazole rings is 1. The first-order valence-electron chi connectivity index (χ1n) is 5.11. The van der Waals surface area contributed by atoms with Crippen molar-refractivity contribution >= 4 is 29.2 Å². The van der Waals surface area contributed by atoms with Crippen LogP contribution in [0.3, 0.4) is 0 Å². The molecule has 0 spiro atoms. The molecule has 0 saturated heterocycles. The third-order valence-electron chi connectivity index (χ3n) is 2.01. The lowest BCUT2D eigenvalue weighted by Gasteiger charge is -1.92. The summed E-state index contributed by atoms with van der Waals surface area (Å²) in [6.45, 7) is 2.03. The van der Waals surface area contributed by atoms with E-state index in [4.69, 9.17) is 0 Å². The van der Waals surface area contributed by atoms with E-state index in [1.54, 1.807) is 23.1 Å². The van der Waals surface area contributed by atoms with Gasteiger partial charge in [-0.3, -0.25) is 0 Å². The lowest BCUT2D eigenvalue weighted by Crippen LogP contribution is -1.74. The first-order chi connectivity index (χ1) is 7.84. The number of benzene rings is 1. The summed E-state index contributed by atoms with van der Waals surface area (Å²) in [5, 5.41) is 2.09. The van der Waals surface area contributed by atoms with Crippen LogP contribution in [0.1, 0.15) is 11.3 Å². The van der Waals surface area contributed by atoms with E-state index in [1.807, 2.05) is 13.0 Å². The molecular formula is C13H13NS2. The third kappa shape index (κ3) is 3.51. The quantitative estimate of drug-likeness (QED) is 0.749. The minimum absolute atomic E-state index is 0.974. The second-order valence-corrected chi connectivity index (χ2v) is 5.50. The second kappa shape index (κ2) is 5.87. The zero-order valence-corrected chi connectivity index (χ0v) is 10.7. The number of nitrogens with zero attached hydrogens (tertiary/aromatic N) is 1. The number of hydrogen-bond acceptors (Lipinski definition) is 3. The third-order valence-corrected chi connectivity index (χ3v) is 4.10. The minimum atomic E-state index is 0.974.